The van der Waals surface area contributed by atoms with Crippen molar-refractivity contribution in [2.45, 2.75) is 42.8 Å². The number of benzene rings is 1. The largest absolute Gasteiger partial charge is 0.376 e. The van der Waals surface area contributed by atoms with Crippen molar-refractivity contribution in [3.8, 4) is 0 Å². The Morgan fingerprint density at radius 2 is 2.38 bits per heavy atom. The van der Waals surface area contributed by atoms with E-state index in [2.05, 4.69) is 4.98 Å². The molecule has 2 heterocycles. The maximum absolute atomic E-state index is 12.9. The summed E-state index contributed by atoms with van der Waals surface area (Å²) in [5, 5.41) is 0.958. The average molecular weight is 368 g/mol. The van der Waals surface area contributed by atoms with Gasteiger partial charge < -0.3 is 10.5 Å². The van der Waals surface area contributed by atoms with Crippen molar-refractivity contribution in [2.75, 3.05) is 6.61 Å². The molecule has 24 heavy (non-hydrogen) atoms. The zero-order valence-electron chi connectivity index (χ0n) is 13.2. The minimum atomic E-state index is -0.496. The fraction of sp³-hybridized carbons (Fsp3) is 0.438. The molecule has 1 amide bonds. The topological polar surface area (TPSA) is 87.2 Å². The van der Waals surface area contributed by atoms with E-state index in [0.29, 0.717) is 34.2 Å². The smallest absolute Gasteiger partial charge is 0.262 e. The second kappa shape index (κ2) is 7.13. The second-order valence-corrected chi connectivity index (χ2v) is 7.51. The number of rotatable bonds is 5. The van der Waals surface area contributed by atoms with Crippen LogP contribution in [0.5, 0.6) is 0 Å². The minimum Gasteiger partial charge on any atom is -0.376 e. The van der Waals surface area contributed by atoms with Crippen molar-refractivity contribution in [2.24, 2.45) is 5.73 Å². The predicted molar refractivity (Wildman–Crippen MR) is 94.5 cm³/mol. The number of hydrogen-bond acceptors (Lipinski definition) is 5. The molecule has 0 bridgehead atoms. The second-order valence-electron chi connectivity index (χ2n) is 5.77. The van der Waals surface area contributed by atoms with Gasteiger partial charge in [-0.05, 0) is 38.0 Å². The van der Waals surface area contributed by atoms with E-state index in [1.54, 1.807) is 29.7 Å². The molecule has 1 aromatic carbocycles. The molecule has 0 aliphatic carbocycles. The molecule has 2 unspecified atom stereocenters. The van der Waals surface area contributed by atoms with Gasteiger partial charge in [-0.25, -0.2) is 4.98 Å². The molecule has 8 heteroatoms. The fourth-order valence-electron chi connectivity index (χ4n) is 2.63. The van der Waals surface area contributed by atoms with Crippen LogP contribution >= 0.6 is 23.4 Å². The number of fused-ring (bicyclic) bond motifs is 1. The molecule has 1 saturated heterocycles. The molecule has 2 atom stereocenters. The molecule has 0 radical (unpaired) electrons. The first-order valence-corrected chi connectivity index (χ1v) is 8.99. The van der Waals surface area contributed by atoms with Crippen molar-refractivity contribution in [3.63, 3.8) is 0 Å². The van der Waals surface area contributed by atoms with Gasteiger partial charge in [-0.15, -0.1) is 0 Å². The molecule has 1 aliphatic heterocycles. The van der Waals surface area contributed by atoms with E-state index in [1.807, 2.05) is 0 Å². The van der Waals surface area contributed by atoms with Crippen LogP contribution < -0.4 is 11.3 Å². The Morgan fingerprint density at radius 3 is 3.04 bits per heavy atom. The van der Waals surface area contributed by atoms with Gasteiger partial charge in [0.1, 0.15) is 0 Å². The first kappa shape index (κ1) is 17.3. The molecular formula is C16H18ClN3O3S. The lowest BCUT2D eigenvalue weighted by molar-refractivity contribution is -0.117. The van der Waals surface area contributed by atoms with Crippen LogP contribution in [0.2, 0.25) is 5.02 Å². The van der Waals surface area contributed by atoms with Crippen LogP contribution in [0.25, 0.3) is 10.9 Å². The number of nitrogens with two attached hydrogens (primary N) is 1. The van der Waals surface area contributed by atoms with Gasteiger partial charge in [0.2, 0.25) is 5.91 Å². The highest BCUT2D eigenvalue weighted by Crippen LogP contribution is 2.25. The van der Waals surface area contributed by atoms with Gasteiger partial charge in [0.05, 0.1) is 28.8 Å². The summed E-state index contributed by atoms with van der Waals surface area (Å²) < 4.78 is 7.22. The Morgan fingerprint density at radius 1 is 1.58 bits per heavy atom. The number of primary amides is 1. The standard InChI is InChI=1S/C16H18ClN3O3S/c1-9(14(18)21)24-16-19-13-7-10(17)4-5-12(13)15(22)20(16)8-11-3-2-6-23-11/h4-5,7,9,11H,2-3,6,8H2,1H3,(H2,18,21). The van der Waals surface area contributed by atoms with Crippen LogP contribution in [0.1, 0.15) is 19.8 Å². The Bertz CT molecular complexity index is 833. The van der Waals surface area contributed by atoms with Gasteiger partial charge in [0.25, 0.3) is 5.56 Å². The number of halogens is 1. The van der Waals surface area contributed by atoms with Crippen molar-refractivity contribution >= 4 is 40.2 Å². The monoisotopic (exact) mass is 367 g/mol. The molecule has 2 N–H and O–H groups in total. The van der Waals surface area contributed by atoms with Crippen molar-refractivity contribution in [1.29, 1.82) is 0 Å². The molecule has 1 fully saturated rings. The van der Waals surface area contributed by atoms with Gasteiger partial charge >= 0.3 is 0 Å². The first-order valence-electron chi connectivity index (χ1n) is 7.73. The minimum absolute atomic E-state index is 0.0162. The zero-order chi connectivity index (χ0) is 17.3. The van der Waals surface area contributed by atoms with Crippen molar-refractivity contribution in [1.82, 2.24) is 9.55 Å². The van der Waals surface area contributed by atoms with E-state index in [0.717, 1.165) is 12.8 Å². The Hall–Kier alpha value is -1.57. The summed E-state index contributed by atoms with van der Waals surface area (Å²) in [5.41, 5.74) is 5.70. The van der Waals surface area contributed by atoms with Crippen LogP contribution in [0.15, 0.2) is 28.2 Å². The van der Waals surface area contributed by atoms with Crippen LogP contribution in [0, 0.1) is 0 Å². The number of hydrogen-bond donors (Lipinski definition) is 1. The Labute approximate surface area is 148 Å². The molecule has 128 valence electrons. The van der Waals surface area contributed by atoms with Crippen LogP contribution in [0.4, 0.5) is 0 Å². The third-order valence-corrected chi connectivity index (χ3v) is 5.32. The van der Waals surface area contributed by atoms with Crippen molar-refractivity contribution in [3.05, 3.63) is 33.6 Å². The summed E-state index contributed by atoms with van der Waals surface area (Å²) in [7, 11) is 0. The van der Waals surface area contributed by atoms with E-state index in [1.165, 1.54) is 11.8 Å². The number of nitrogens with zero attached hydrogens (tertiary/aromatic N) is 2. The molecule has 0 spiro atoms. The molecule has 1 aliphatic rings. The Kier molecular flexibility index (Phi) is 5.12. The van der Waals surface area contributed by atoms with Gasteiger partial charge in [-0.2, -0.15) is 0 Å². The lowest BCUT2D eigenvalue weighted by Crippen LogP contribution is -2.30. The maximum atomic E-state index is 12.9. The van der Waals surface area contributed by atoms with Crippen LogP contribution in [-0.4, -0.2) is 33.4 Å². The summed E-state index contributed by atoms with van der Waals surface area (Å²) >= 11 is 7.18. The fourth-order valence-corrected chi connectivity index (χ4v) is 3.67. The molecule has 6 nitrogen and oxygen atoms in total. The van der Waals surface area contributed by atoms with E-state index < -0.39 is 11.2 Å². The Balaban J connectivity index is 2.09. The number of thioether (sulfide) groups is 1. The predicted octanol–water partition coefficient (Wildman–Crippen LogP) is 2.19. The summed E-state index contributed by atoms with van der Waals surface area (Å²) in [5.74, 6) is -0.455. The number of ether oxygens (including phenoxy) is 1. The van der Waals surface area contributed by atoms with Crippen LogP contribution in [0.3, 0.4) is 0 Å². The highest BCUT2D eigenvalue weighted by Gasteiger charge is 2.22. The maximum Gasteiger partial charge on any atom is 0.262 e. The third kappa shape index (κ3) is 3.58. The molecule has 0 saturated carbocycles. The summed E-state index contributed by atoms with van der Waals surface area (Å²) in [6.45, 7) is 2.81. The number of carbonyl (C=O) groups excluding carboxylic acids is 1. The summed E-state index contributed by atoms with van der Waals surface area (Å²) in [6, 6.07) is 4.99. The molecule has 2 aromatic rings. The number of aromatic nitrogens is 2. The van der Waals surface area contributed by atoms with Gasteiger partial charge in [0, 0.05) is 11.6 Å². The van der Waals surface area contributed by atoms with Gasteiger partial charge in [-0.1, -0.05) is 23.4 Å². The van der Waals surface area contributed by atoms with E-state index in [9.17, 15) is 9.59 Å². The summed E-state index contributed by atoms with van der Waals surface area (Å²) in [6.07, 6.45) is 1.87. The highest BCUT2D eigenvalue weighted by atomic mass is 35.5. The summed E-state index contributed by atoms with van der Waals surface area (Å²) in [4.78, 5) is 28.8. The molecule has 1 aromatic heterocycles. The van der Waals surface area contributed by atoms with E-state index >= 15 is 0 Å². The SMILES string of the molecule is CC(Sc1nc2cc(Cl)ccc2c(=O)n1CC1CCCO1)C(N)=O. The lowest BCUT2D eigenvalue weighted by atomic mass is 10.2. The van der Waals surface area contributed by atoms with Crippen LogP contribution in [-0.2, 0) is 16.1 Å². The number of carbonyl (C=O) groups is 1. The highest BCUT2D eigenvalue weighted by molar-refractivity contribution is 8.00. The quantitative estimate of drug-likeness (QED) is 0.646. The average Bonchev–Trinajstić information content (AvgIpc) is 3.03. The zero-order valence-corrected chi connectivity index (χ0v) is 14.8. The molecule has 3 rings (SSSR count). The van der Waals surface area contributed by atoms with E-state index in [4.69, 9.17) is 22.1 Å². The van der Waals surface area contributed by atoms with Gasteiger partial charge in [-0.3, -0.25) is 14.2 Å². The lowest BCUT2D eigenvalue weighted by Gasteiger charge is -2.17. The van der Waals surface area contributed by atoms with Gasteiger partial charge in [0.15, 0.2) is 5.16 Å². The molecular weight excluding hydrogens is 350 g/mol. The normalized spacial score (nSPS) is 18.8. The first-order chi connectivity index (χ1) is 11.5. The number of amides is 1. The van der Waals surface area contributed by atoms with E-state index in [-0.39, 0.29) is 11.7 Å². The third-order valence-electron chi connectivity index (χ3n) is 3.98. The van der Waals surface area contributed by atoms with Crippen molar-refractivity contribution < 1.29 is 9.53 Å².